The van der Waals surface area contributed by atoms with Crippen molar-refractivity contribution in [3.05, 3.63) is 158 Å². The van der Waals surface area contributed by atoms with Crippen LogP contribution in [-0.2, 0) is 28.6 Å². The van der Waals surface area contributed by atoms with Gasteiger partial charge in [0.05, 0.1) is 0 Å². The quantitative estimate of drug-likeness (QED) is 0.0261. The fourth-order valence-corrected chi connectivity index (χ4v) is 8.74. The summed E-state index contributed by atoms with van der Waals surface area (Å²) < 4.78 is 16.9. The molecule has 0 spiro atoms. The molecule has 1 atom stereocenters. The molecule has 82 heavy (non-hydrogen) atoms. The molecule has 0 amide bonds. The van der Waals surface area contributed by atoms with Gasteiger partial charge in [-0.25, -0.2) is 0 Å². The lowest BCUT2D eigenvalue weighted by atomic mass is 10.1. The Labute approximate surface area is 505 Å². The largest absolute Gasteiger partial charge is 0.462 e. The van der Waals surface area contributed by atoms with Gasteiger partial charge in [-0.1, -0.05) is 275 Å². The lowest BCUT2D eigenvalue weighted by molar-refractivity contribution is -0.167. The number of esters is 3. The normalized spacial score (nSPS) is 13.2. The summed E-state index contributed by atoms with van der Waals surface area (Å²) in [5.74, 6) is -0.941. The van der Waals surface area contributed by atoms with Crippen molar-refractivity contribution in [2.45, 2.75) is 290 Å². The molecule has 0 aromatic heterocycles. The van der Waals surface area contributed by atoms with E-state index in [9.17, 15) is 14.4 Å². The van der Waals surface area contributed by atoms with Gasteiger partial charge in [0.2, 0.25) is 0 Å². The molecule has 0 aliphatic rings. The second kappa shape index (κ2) is 68.5. The minimum atomic E-state index is -0.804. The van der Waals surface area contributed by atoms with Crippen LogP contribution in [0.5, 0.6) is 0 Å². The molecule has 0 aromatic carbocycles. The molecular weight excluding hydrogens is 1010 g/mol. The van der Waals surface area contributed by atoms with Crippen molar-refractivity contribution >= 4 is 17.9 Å². The first-order chi connectivity index (χ1) is 40.5. The molecule has 0 aromatic rings. The summed E-state index contributed by atoms with van der Waals surface area (Å²) in [6.45, 7) is 6.41. The van der Waals surface area contributed by atoms with E-state index in [2.05, 4.69) is 179 Å². The Kier molecular flexibility index (Phi) is 64.4. The minimum absolute atomic E-state index is 0.1000. The predicted octanol–water partition coefficient (Wildman–Crippen LogP) is 23.3. The molecule has 1 unspecified atom stereocenters. The van der Waals surface area contributed by atoms with Gasteiger partial charge in [-0.05, 0) is 148 Å². The van der Waals surface area contributed by atoms with Crippen LogP contribution in [0, 0.1) is 0 Å². The van der Waals surface area contributed by atoms with Crippen LogP contribution in [-0.4, -0.2) is 37.2 Å². The second-order valence-electron chi connectivity index (χ2n) is 21.6. The van der Waals surface area contributed by atoms with Crippen molar-refractivity contribution in [2.24, 2.45) is 0 Å². The van der Waals surface area contributed by atoms with E-state index in [0.29, 0.717) is 19.3 Å². The monoisotopic (exact) mass is 1130 g/mol. The smallest absolute Gasteiger partial charge is 0.306 e. The molecule has 0 saturated heterocycles. The molecule has 462 valence electrons. The first-order valence-electron chi connectivity index (χ1n) is 33.5. The van der Waals surface area contributed by atoms with Crippen molar-refractivity contribution in [2.75, 3.05) is 13.2 Å². The number of allylic oxidation sites excluding steroid dienone is 26. The lowest BCUT2D eigenvalue weighted by Gasteiger charge is -2.18. The van der Waals surface area contributed by atoms with Crippen LogP contribution < -0.4 is 0 Å². The Bertz CT molecular complexity index is 1830. The zero-order chi connectivity index (χ0) is 59.2. The number of rotatable bonds is 59. The third kappa shape index (κ3) is 65.8. The van der Waals surface area contributed by atoms with Crippen LogP contribution >= 0.6 is 0 Å². The fraction of sp³-hybridized carbons (Fsp3) is 0.618. The molecule has 0 aliphatic carbocycles. The molecular formula is C76H122O6. The van der Waals surface area contributed by atoms with Gasteiger partial charge in [-0.15, -0.1) is 0 Å². The van der Waals surface area contributed by atoms with Gasteiger partial charge < -0.3 is 14.2 Å². The van der Waals surface area contributed by atoms with E-state index in [0.717, 1.165) is 180 Å². The molecule has 6 heteroatoms. The van der Waals surface area contributed by atoms with Crippen molar-refractivity contribution in [3.8, 4) is 0 Å². The Morgan fingerprint density at radius 2 is 0.500 bits per heavy atom. The Morgan fingerprint density at radius 3 is 0.793 bits per heavy atom. The Morgan fingerprint density at radius 1 is 0.256 bits per heavy atom. The van der Waals surface area contributed by atoms with E-state index in [4.69, 9.17) is 14.2 Å². The molecule has 0 fully saturated rings. The molecule has 0 aliphatic heterocycles. The van der Waals surface area contributed by atoms with Crippen molar-refractivity contribution in [1.29, 1.82) is 0 Å². The van der Waals surface area contributed by atoms with Crippen molar-refractivity contribution < 1.29 is 28.6 Å². The van der Waals surface area contributed by atoms with Gasteiger partial charge in [0, 0.05) is 19.3 Å². The first kappa shape index (κ1) is 77.0. The van der Waals surface area contributed by atoms with E-state index >= 15 is 0 Å². The predicted molar refractivity (Wildman–Crippen MR) is 357 cm³/mol. The highest BCUT2D eigenvalue weighted by Gasteiger charge is 2.19. The summed E-state index contributed by atoms with van der Waals surface area (Å²) in [6, 6.07) is 0. The third-order valence-electron chi connectivity index (χ3n) is 13.7. The maximum absolute atomic E-state index is 12.9. The molecule has 0 heterocycles. The molecule has 0 bridgehead atoms. The minimum Gasteiger partial charge on any atom is -0.462 e. The lowest BCUT2D eigenvalue weighted by Crippen LogP contribution is -2.30. The van der Waals surface area contributed by atoms with E-state index in [-0.39, 0.29) is 31.1 Å². The number of hydrogen-bond donors (Lipinski definition) is 0. The van der Waals surface area contributed by atoms with E-state index < -0.39 is 6.10 Å². The maximum Gasteiger partial charge on any atom is 0.306 e. The number of ether oxygens (including phenoxy) is 3. The number of carbonyl (C=O) groups is 3. The highest BCUT2D eigenvalue weighted by atomic mass is 16.6. The topological polar surface area (TPSA) is 78.9 Å². The fourth-order valence-electron chi connectivity index (χ4n) is 8.74. The average Bonchev–Trinajstić information content (AvgIpc) is 3.47. The van der Waals surface area contributed by atoms with Gasteiger partial charge >= 0.3 is 17.9 Å². The van der Waals surface area contributed by atoms with Crippen molar-refractivity contribution in [1.82, 2.24) is 0 Å². The van der Waals surface area contributed by atoms with Gasteiger partial charge in [-0.3, -0.25) is 14.4 Å². The van der Waals surface area contributed by atoms with E-state index in [1.165, 1.54) is 64.2 Å². The Balaban J connectivity index is 4.37. The van der Waals surface area contributed by atoms with Crippen LogP contribution in [0.1, 0.15) is 284 Å². The van der Waals surface area contributed by atoms with E-state index in [1.807, 2.05) is 0 Å². The van der Waals surface area contributed by atoms with E-state index in [1.54, 1.807) is 0 Å². The molecule has 0 saturated carbocycles. The Hall–Kier alpha value is -4.97. The van der Waals surface area contributed by atoms with Crippen LogP contribution in [0.3, 0.4) is 0 Å². The summed E-state index contributed by atoms with van der Waals surface area (Å²) in [7, 11) is 0. The maximum atomic E-state index is 12.9. The highest BCUT2D eigenvalue weighted by molar-refractivity contribution is 5.71. The molecule has 0 rings (SSSR count). The highest BCUT2D eigenvalue weighted by Crippen LogP contribution is 2.14. The second-order valence-corrected chi connectivity index (χ2v) is 21.6. The zero-order valence-electron chi connectivity index (χ0n) is 52.9. The summed E-state index contributed by atoms with van der Waals surface area (Å²) in [5, 5.41) is 0. The summed E-state index contributed by atoms with van der Waals surface area (Å²) in [6.07, 6.45) is 99.6. The van der Waals surface area contributed by atoms with Gasteiger partial charge in [0.1, 0.15) is 13.2 Å². The molecule has 0 radical (unpaired) electrons. The standard InChI is InChI=1S/C76H122O6/c1-4-7-10-13-16-19-22-25-27-29-31-32-33-34-35-36-37-38-39-40-41-42-43-44-45-47-48-51-54-57-60-63-66-69-75(78)81-72-73(71-80-74(77)68-65-62-59-56-53-50-24-21-18-15-12-9-6-3)82-76(79)70-67-64-61-58-55-52-49-46-30-28-26-23-20-17-14-11-8-5-2/h7,10,12,15-16,19-21,23-25,27-28,30-32,34-35,37-38,40-41,43-44,47-48,73H,4-6,8-9,11,13-14,17-18,22,26,29,33,36,39,42,45-46,49-72H2,1-3H3/b10-7-,15-12-,19-16-,23-20-,24-21-,27-25-,30-28-,32-31-,35-34-,38-37-,41-40-,44-43-,48-47-. The molecule has 0 N–H and O–H groups in total. The third-order valence-corrected chi connectivity index (χ3v) is 13.7. The SMILES string of the molecule is CC/C=C\C/C=C\C/C=C\C/C=C\C/C=C\C/C=C\C/C=C\C/C=C\C/C=C\CCCCCCCC(=O)OCC(COC(=O)CCCCCCC/C=C\C/C=C\CCC)OC(=O)CCCCCCCCC/C=C\C/C=C\CCCCCC. The van der Waals surface area contributed by atoms with Crippen LogP contribution in [0.2, 0.25) is 0 Å². The number of hydrogen-bond acceptors (Lipinski definition) is 6. The zero-order valence-corrected chi connectivity index (χ0v) is 52.9. The van der Waals surface area contributed by atoms with Crippen LogP contribution in [0.15, 0.2) is 158 Å². The van der Waals surface area contributed by atoms with Crippen molar-refractivity contribution in [3.63, 3.8) is 0 Å². The summed E-state index contributed by atoms with van der Waals surface area (Å²) in [4.78, 5) is 38.3. The van der Waals surface area contributed by atoms with Crippen LogP contribution in [0.25, 0.3) is 0 Å². The molecule has 6 nitrogen and oxygen atoms in total. The summed E-state index contributed by atoms with van der Waals surface area (Å²) >= 11 is 0. The number of carbonyl (C=O) groups excluding carboxylic acids is 3. The van der Waals surface area contributed by atoms with Gasteiger partial charge in [0.15, 0.2) is 6.10 Å². The van der Waals surface area contributed by atoms with Gasteiger partial charge in [-0.2, -0.15) is 0 Å². The summed E-state index contributed by atoms with van der Waals surface area (Å²) in [5.41, 5.74) is 0. The number of unbranched alkanes of at least 4 members (excludes halogenated alkanes) is 22. The first-order valence-corrected chi connectivity index (χ1v) is 33.5. The average molecular weight is 1130 g/mol. The van der Waals surface area contributed by atoms with Gasteiger partial charge in [0.25, 0.3) is 0 Å². The van der Waals surface area contributed by atoms with Crippen LogP contribution in [0.4, 0.5) is 0 Å².